The Morgan fingerprint density at radius 1 is 1.09 bits per heavy atom. The van der Waals surface area contributed by atoms with Gasteiger partial charge in [0.2, 0.25) is 0 Å². The molecule has 0 aromatic heterocycles. The smallest absolute Gasteiger partial charge is 0.191 e. The molecule has 23 heavy (non-hydrogen) atoms. The summed E-state index contributed by atoms with van der Waals surface area (Å²) in [5.41, 5.74) is 2.09. The third-order valence-electron chi connectivity index (χ3n) is 3.27. The summed E-state index contributed by atoms with van der Waals surface area (Å²) >= 11 is 3.47. The Labute approximate surface area is 143 Å². The van der Waals surface area contributed by atoms with E-state index >= 15 is 0 Å². The van der Waals surface area contributed by atoms with Gasteiger partial charge in [-0.1, -0.05) is 18.2 Å². The SMILES string of the molecule is CN=C(NCc1ccc(F)cc1)NCc1ccc(OC)c(Br)c1. The van der Waals surface area contributed by atoms with E-state index in [1.165, 1.54) is 12.1 Å². The van der Waals surface area contributed by atoms with E-state index in [-0.39, 0.29) is 5.82 Å². The first-order valence-electron chi connectivity index (χ1n) is 7.13. The number of guanidine groups is 1. The maximum absolute atomic E-state index is 12.9. The molecule has 0 heterocycles. The van der Waals surface area contributed by atoms with E-state index < -0.39 is 0 Å². The Morgan fingerprint density at radius 2 is 1.70 bits per heavy atom. The van der Waals surface area contributed by atoms with E-state index in [9.17, 15) is 4.39 Å². The molecule has 0 amide bonds. The van der Waals surface area contributed by atoms with Gasteiger partial charge in [0, 0.05) is 20.1 Å². The molecule has 0 radical (unpaired) electrons. The summed E-state index contributed by atoms with van der Waals surface area (Å²) in [5.74, 6) is 1.25. The zero-order valence-corrected chi connectivity index (χ0v) is 14.7. The van der Waals surface area contributed by atoms with Crippen molar-refractivity contribution >= 4 is 21.9 Å². The molecule has 0 unspecified atom stereocenters. The van der Waals surface area contributed by atoms with Crippen LogP contribution in [0.25, 0.3) is 0 Å². The average Bonchev–Trinajstić information content (AvgIpc) is 2.56. The summed E-state index contributed by atoms with van der Waals surface area (Å²) in [7, 11) is 3.35. The highest BCUT2D eigenvalue weighted by Gasteiger charge is 2.03. The number of nitrogens with zero attached hydrogens (tertiary/aromatic N) is 1. The molecule has 0 spiro atoms. The highest BCUT2D eigenvalue weighted by atomic mass is 79.9. The molecule has 0 aliphatic heterocycles. The number of methoxy groups -OCH3 is 1. The van der Waals surface area contributed by atoms with Gasteiger partial charge in [0.15, 0.2) is 5.96 Å². The number of halogens is 2. The standard InChI is InChI=1S/C17H19BrFN3O/c1-20-17(21-10-12-3-6-14(19)7-4-12)22-11-13-5-8-16(23-2)15(18)9-13/h3-9H,10-11H2,1-2H3,(H2,20,21,22). The fraction of sp³-hybridized carbons (Fsp3) is 0.235. The molecule has 2 aromatic carbocycles. The van der Waals surface area contributed by atoms with E-state index in [4.69, 9.17) is 4.74 Å². The summed E-state index contributed by atoms with van der Waals surface area (Å²) in [6.07, 6.45) is 0. The second kappa shape index (κ2) is 8.53. The fourth-order valence-corrected chi connectivity index (χ4v) is 2.60. The maximum Gasteiger partial charge on any atom is 0.191 e. The zero-order chi connectivity index (χ0) is 16.7. The van der Waals surface area contributed by atoms with E-state index in [1.54, 1.807) is 26.3 Å². The van der Waals surface area contributed by atoms with Crippen LogP contribution in [0.5, 0.6) is 5.75 Å². The van der Waals surface area contributed by atoms with Crippen LogP contribution in [0.4, 0.5) is 4.39 Å². The summed E-state index contributed by atoms with van der Waals surface area (Å²) in [6, 6.07) is 12.3. The highest BCUT2D eigenvalue weighted by molar-refractivity contribution is 9.10. The van der Waals surface area contributed by atoms with E-state index in [2.05, 4.69) is 31.6 Å². The van der Waals surface area contributed by atoms with Crippen molar-refractivity contribution < 1.29 is 9.13 Å². The van der Waals surface area contributed by atoms with Crippen LogP contribution in [0.2, 0.25) is 0 Å². The summed E-state index contributed by atoms with van der Waals surface area (Å²) in [5, 5.41) is 6.43. The van der Waals surface area contributed by atoms with Crippen LogP contribution in [0.1, 0.15) is 11.1 Å². The van der Waals surface area contributed by atoms with Gasteiger partial charge in [0.05, 0.1) is 11.6 Å². The van der Waals surface area contributed by atoms with Crippen molar-refractivity contribution in [2.24, 2.45) is 4.99 Å². The number of ether oxygens (including phenoxy) is 1. The minimum Gasteiger partial charge on any atom is -0.496 e. The lowest BCUT2D eigenvalue weighted by Crippen LogP contribution is -2.36. The third kappa shape index (κ3) is 5.25. The van der Waals surface area contributed by atoms with Crippen molar-refractivity contribution in [1.82, 2.24) is 10.6 Å². The molecular formula is C17H19BrFN3O. The van der Waals surface area contributed by atoms with Crippen LogP contribution in [-0.4, -0.2) is 20.1 Å². The number of hydrogen-bond acceptors (Lipinski definition) is 2. The minimum absolute atomic E-state index is 0.235. The summed E-state index contributed by atoms with van der Waals surface area (Å²) < 4.78 is 19.0. The molecule has 4 nitrogen and oxygen atoms in total. The number of hydrogen-bond donors (Lipinski definition) is 2. The van der Waals surface area contributed by atoms with Crippen LogP contribution in [0.3, 0.4) is 0 Å². The van der Waals surface area contributed by atoms with Gasteiger partial charge in [-0.05, 0) is 51.3 Å². The largest absolute Gasteiger partial charge is 0.496 e. The number of rotatable bonds is 5. The molecule has 2 rings (SSSR count). The lowest BCUT2D eigenvalue weighted by Gasteiger charge is -2.13. The molecule has 0 bridgehead atoms. The monoisotopic (exact) mass is 379 g/mol. The van der Waals surface area contributed by atoms with Crippen molar-refractivity contribution in [3.05, 3.63) is 63.9 Å². The molecule has 122 valence electrons. The van der Waals surface area contributed by atoms with Crippen LogP contribution >= 0.6 is 15.9 Å². The molecule has 2 aromatic rings. The van der Waals surface area contributed by atoms with Crippen LogP contribution < -0.4 is 15.4 Å². The van der Waals surface area contributed by atoms with E-state index in [0.717, 1.165) is 21.3 Å². The van der Waals surface area contributed by atoms with E-state index in [0.29, 0.717) is 19.0 Å². The van der Waals surface area contributed by atoms with Crippen LogP contribution in [0.15, 0.2) is 51.9 Å². The maximum atomic E-state index is 12.9. The van der Waals surface area contributed by atoms with Crippen molar-refractivity contribution in [3.8, 4) is 5.75 Å². The molecule has 6 heteroatoms. The number of aliphatic imine (C=N–C) groups is 1. The van der Waals surface area contributed by atoms with Gasteiger partial charge in [-0.15, -0.1) is 0 Å². The molecular weight excluding hydrogens is 361 g/mol. The van der Waals surface area contributed by atoms with Crippen molar-refractivity contribution in [2.45, 2.75) is 13.1 Å². The zero-order valence-electron chi connectivity index (χ0n) is 13.1. The molecule has 0 aliphatic rings. The van der Waals surface area contributed by atoms with Gasteiger partial charge in [-0.25, -0.2) is 4.39 Å². The Hall–Kier alpha value is -2.08. The first-order valence-corrected chi connectivity index (χ1v) is 7.93. The first kappa shape index (κ1) is 17.3. The Balaban J connectivity index is 1.87. The molecule has 2 N–H and O–H groups in total. The van der Waals surface area contributed by atoms with Crippen molar-refractivity contribution in [2.75, 3.05) is 14.2 Å². The molecule has 0 saturated carbocycles. The van der Waals surface area contributed by atoms with Crippen molar-refractivity contribution in [3.63, 3.8) is 0 Å². The summed E-state index contributed by atoms with van der Waals surface area (Å²) in [4.78, 5) is 4.18. The first-order chi connectivity index (χ1) is 11.1. The molecule has 0 fully saturated rings. The Morgan fingerprint density at radius 3 is 2.26 bits per heavy atom. The fourth-order valence-electron chi connectivity index (χ4n) is 2.01. The van der Waals surface area contributed by atoms with Gasteiger partial charge >= 0.3 is 0 Å². The summed E-state index contributed by atoms with van der Waals surface area (Å²) in [6.45, 7) is 1.21. The molecule has 0 aliphatic carbocycles. The molecule has 0 atom stereocenters. The van der Waals surface area contributed by atoms with Crippen molar-refractivity contribution in [1.29, 1.82) is 0 Å². The predicted octanol–water partition coefficient (Wildman–Crippen LogP) is 3.46. The van der Waals surface area contributed by atoms with Gasteiger partial charge < -0.3 is 15.4 Å². The van der Waals surface area contributed by atoms with Gasteiger partial charge in [0.25, 0.3) is 0 Å². The highest BCUT2D eigenvalue weighted by Crippen LogP contribution is 2.25. The molecule has 0 saturated heterocycles. The quantitative estimate of drug-likeness (QED) is 0.617. The second-order valence-electron chi connectivity index (χ2n) is 4.87. The predicted molar refractivity (Wildman–Crippen MR) is 94.1 cm³/mol. The van der Waals surface area contributed by atoms with Gasteiger partial charge in [0.1, 0.15) is 11.6 Å². The Kier molecular flexibility index (Phi) is 6.40. The topological polar surface area (TPSA) is 45.7 Å². The van der Waals surface area contributed by atoms with E-state index in [1.807, 2.05) is 18.2 Å². The lowest BCUT2D eigenvalue weighted by molar-refractivity contribution is 0.412. The lowest BCUT2D eigenvalue weighted by atomic mass is 10.2. The average molecular weight is 380 g/mol. The van der Waals surface area contributed by atoms with Gasteiger partial charge in [-0.3, -0.25) is 4.99 Å². The van der Waals surface area contributed by atoms with Gasteiger partial charge in [-0.2, -0.15) is 0 Å². The number of nitrogens with one attached hydrogen (secondary N) is 2. The van der Waals surface area contributed by atoms with Crippen LogP contribution in [0, 0.1) is 5.82 Å². The normalized spacial score (nSPS) is 11.2. The minimum atomic E-state index is -0.235. The van der Waals surface area contributed by atoms with Crippen LogP contribution in [-0.2, 0) is 13.1 Å². The Bertz CT molecular complexity index is 674. The third-order valence-corrected chi connectivity index (χ3v) is 3.89. The second-order valence-corrected chi connectivity index (χ2v) is 5.73. The number of benzene rings is 2.